The highest BCUT2D eigenvalue weighted by Crippen LogP contribution is 2.35. The fourth-order valence-electron chi connectivity index (χ4n) is 3.12. The minimum absolute atomic E-state index is 0.0852. The third-order valence-corrected chi connectivity index (χ3v) is 6.21. The van der Waals surface area contributed by atoms with Crippen molar-refractivity contribution in [2.24, 2.45) is 5.10 Å². The molecule has 0 aromatic heterocycles. The van der Waals surface area contributed by atoms with Crippen molar-refractivity contribution in [3.8, 4) is 0 Å². The summed E-state index contributed by atoms with van der Waals surface area (Å²) in [6.45, 7) is 14.2. The Labute approximate surface area is 170 Å². The topological polar surface area (TPSA) is 58.5 Å². The molecular weight excluding hydrogens is 368 g/mol. The summed E-state index contributed by atoms with van der Waals surface area (Å²) in [6.07, 6.45) is 0. The highest BCUT2D eigenvalue weighted by atomic mass is 32.2. The van der Waals surface area contributed by atoms with Gasteiger partial charge in [-0.05, 0) is 46.9 Å². The molecule has 4 nitrogen and oxygen atoms in total. The Kier molecular flexibility index (Phi) is 7.05. The van der Waals surface area contributed by atoms with Crippen LogP contribution in [0.1, 0.15) is 88.5 Å². The number of nitrogens with zero attached hydrogens (tertiary/aromatic N) is 1. The normalized spacial score (nSPS) is 12.9. The molecule has 152 valence electrons. The molecule has 0 radical (unpaired) electrons. The second-order valence-electron chi connectivity index (χ2n) is 8.15. The van der Waals surface area contributed by atoms with E-state index in [9.17, 15) is 8.42 Å². The first-order valence-electron chi connectivity index (χ1n) is 9.83. The second-order valence-corrected chi connectivity index (χ2v) is 9.75. The Hall–Kier alpha value is -2.14. The highest BCUT2D eigenvalue weighted by molar-refractivity contribution is 7.89. The van der Waals surface area contributed by atoms with Gasteiger partial charge in [0, 0.05) is 0 Å². The third kappa shape index (κ3) is 5.02. The molecule has 2 aromatic carbocycles. The summed E-state index contributed by atoms with van der Waals surface area (Å²) in [4.78, 5) is 2.84. The van der Waals surface area contributed by atoms with Crippen molar-refractivity contribution in [1.82, 2.24) is 4.83 Å². The summed E-state index contributed by atoms with van der Waals surface area (Å²) in [5.74, 6) is 0.502. The number of hydrogen-bond acceptors (Lipinski definition) is 3. The van der Waals surface area contributed by atoms with Gasteiger partial charge in [-0.2, -0.15) is 18.4 Å². The Morgan fingerprint density at radius 1 is 0.857 bits per heavy atom. The van der Waals surface area contributed by atoms with E-state index < -0.39 is 10.0 Å². The summed E-state index contributed by atoms with van der Waals surface area (Å²) in [7, 11) is -3.79. The number of sulfonamides is 1. The summed E-state index contributed by atoms with van der Waals surface area (Å²) in [5.41, 5.74) is 4.36. The molecule has 0 bridgehead atoms. The summed E-state index contributed by atoms with van der Waals surface area (Å²) >= 11 is 0. The lowest BCUT2D eigenvalue weighted by Gasteiger charge is -2.22. The zero-order valence-electron chi connectivity index (χ0n) is 17.9. The molecule has 2 aromatic rings. The zero-order chi connectivity index (χ0) is 21.1. The van der Waals surface area contributed by atoms with Crippen LogP contribution in [-0.4, -0.2) is 14.1 Å². The molecule has 2 rings (SSSR count). The van der Waals surface area contributed by atoms with E-state index in [0.29, 0.717) is 16.5 Å². The van der Waals surface area contributed by atoms with E-state index in [4.69, 9.17) is 0 Å². The Bertz CT molecular complexity index is 915. The molecule has 28 heavy (non-hydrogen) atoms. The van der Waals surface area contributed by atoms with Gasteiger partial charge in [-0.15, -0.1) is 0 Å². The van der Waals surface area contributed by atoms with E-state index in [0.717, 1.165) is 22.3 Å². The van der Waals surface area contributed by atoms with Crippen LogP contribution in [0.2, 0.25) is 0 Å². The van der Waals surface area contributed by atoms with Gasteiger partial charge >= 0.3 is 0 Å². The van der Waals surface area contributed by atoms with Gasteiger partial charge in [-0.25, -0.2) is 0 Å². The lowest BCUT2D eigenvalue weighted by atomic mass is 9.89. The Morgan fingerprint density at radius 3 is 1.79 bits per heavy atom. The van der Waals surface area contributed by atoms with E-state index in [1.807, 2.05) is 70.2 Å². The minimum atomic E-state index is -3.79. The van der Waals surface area contributed by atoms with E-state index in [1.54, 1.807) is 6.92 Å². The van der Waals surface area contributed by atoms with Gasteiger partial charge in [0.15, 0.2) is 0 Å². The van der Waals surface area contributed by atoms with Crippen LogP contribution >= 0.6 is 0 Å². The second kappa shape index (κ2) is 8.91. The lowest BCUT2D eigenvalue weighted by molar-refractivity contribution is 0.579. The molecule has 0 saturated heterocycles. The van der Waals surface area contributed by atoms with E-state index in [2.05, 4.69) is 23.8 Å². The quantitative estimate of drug-likeness (QED) is 0.474. The monoisotopic (exact) mass is 400 g/mol. The van der Waals surface area contributed by atoms with Crippen molar-refractivity contribution in [1.29, 1.82) is 0 Å². The first-order chi connectivity index (χ1) is 13.0. The van der Waals surface area contributed by atoms with Gasteiger partial charge in [0.05, 0.1) is 10.6 Å². The average molecular weight is 401 g/mol. The van der Waals surface area contributed by atoms with Crippen molar-refractivity contribution in [2.45, 2.75) is 71.1 Å². The molecule has 1 N–H and O–H groups in total. The highest BCUT2D eigenvalue weighted by Gasteiger charge is 2.26. The molecular formula is C23H32N2O2S. The molecule has 0 fully saturated rings. The van der Waals surface area contributed by atoms with Crippen molar-refractivity contribution in [3.63, 3.8) is 0 Å². The Balaban J connectivity index is 2.57. The van der Waals surface area contributed by atoms with Gasteiger partial charge in [-0.3, -0.25) is 0 Å². The van der Waals surface area contributed by atoms with Gasteiger partial charge in [-0.1, -0.05) is 84.0 Å². The molecule has 0 spiro atoms. The van der Waals surface area contributed by atoms with Gasteiger partial charge in [0.25, 0.3) is 10.0 Å². The minimum Gasteiger partial charge on any atom is -0.200 e. The molecule has 0 heterocycles. The van der Waals surface area contributed by atoms with E-state index in [-0.39, 0.29) is 11.8 Å². The fraction of sp³-hybridized carbons (Fsp3) is 0.435. The molecule has 0 unspecified atom stereocenters. The molecule has 0 aliphatic carbocycles. The van der Waals surface area contributed by atoms with Gasteiger partial charge < -0.3 is 0 Å². The number of hydrogen-bond donors (Lipinski definition) is 1. The van der Waals surface area contributed by atoms with E-state index >= 15 is 0 Å². The van der Waals surface area contributed by atoms with Crippen LogP contribution in [0.5, 0.6) is 0 Å². The Morgan fingerprint density at radius 2 is 1.36 bits per heavy atom. The standard InChI is InChI=1S/C23H32N2O2S/c1-15(2)20-13-21(16(3)4)23(22(14-20)17(5)6)28(26,27)25-24-18(7)19-11-9-8-10-12-19/h8-17,25H,1-7H3/b24-18+. The van der Waals surface area contributed by atoms with Crippen molar-refractivity contribution in [2.75, 3.05) is 0 Å². The number of rotatable bonds is 7. The summed E-state index contributed by atoms with van der Waals surface area (Å²) in [5, 5.41) is 4.18. The summed E-state index contributed by atoms with van der Waals surface area (Å²) in [6, 6.07) is 13.6. The third-order valence-electron chi connectivity index (χ3n) is 4.87. The van der Waals surface area contributed by atoms with Gasteiger partial charge in [0.2, 0.25) is 0 Å². The zero-order valence-corrected chi connectivity index (χ0v) is 18.8. The predicted molar refractivity (Wildman–Crippen MR) is 118 cm³/mol. The average Bonchev–Trinajstić information content (AvgIpc) is 2.65. The van der Waals surface area contributed by atoms with E-state index in [1.165, 1.54) is 0 Å². The smallest absolute Gasteiger partial charge is 0.200 e. The van der Waals surface area contributed by atoms with Crippen LogP contribution in [0.3, 0.4) is 0 Å². The van der Waals surface area contributed by atoms with Crippen molar-refractivity contribution < 1.29 is 8.42 Å². The molecule has 0 aliphatic heterocycles. The summed E-state index contributed by atoms with van der Waals surface area (Å²) < 4.78 is 26.6. The first kappa shape index (κ1) is 22.2. The molecule has 0 saturated carbocycles. The van der Waals surface area contributed by atoms with Crippen molar-refractivity contribution in [3.05, 3.63) is 64.7 Å². The van der Waals surface area contributed by atoms with Crippen molar-refractivity contribution >= 4 is 15.7 Å². The molecule has 5 heteroatoms. The van der Waals surface area contributed by atoms with Gasteiger partial charge in [0.1, 0.15) is 0 Å². The van der Waals surface area contributed by atoms with Crippen LogP contribution < -0.4 is 4.83 Å². The van der Waals surface area contributed by atoms with Crippen LogP contribution in [0, 0.1) is 0 Å². The van der Waals surface area contributed by atoms with Crippen LogP contribution in [0.25, 0.3) is 0 Å². The number of hydrazone groups is 1. The van der Waals surface area contributed by atoms with Crippen LogP contribution in [0.15, 0.2) is 52.5 Å². The maximum Gasteiger partial charge on any atom is 0.277 e. The maximum absolute atomic E-state index is 13.3. The largest absolute Gasteiger partial charge is 0.277 e. The van der Waals surface area contributed by atoms with Crippen LogP contribution in [0.4, 0.5) is 0 Å². The molecule has 0 aliphatic rings. The molecule has 0 atom stereocenters. The number of benzene rings is 2. The molecule has 0 amide bonds. The fourth-order valence-corrected chi connectivity index (χ4v) is 4.68. The number of nitrogens with one attached hydrogen (secondary N) is 1. The SMILES string of the molecule is C/C(=N\NS(=O)(=O)c1c(C(C)C)cc(C(C)C)cc1C(C)C)c1ccccc1. The lowest BCUT2D eigenvalue weighted by Crippen LogP contribution is -2.24. The maximum atomic E-state index is 13.3. The predicted octanol–water partition coefficient (Wildman–Crippen LogP) is 5.76. The van der Waals surface area contributed by atoms with Crippen LogP contribution in [-0.2, 0) is 10.0 Å². The first-order valence-corrected chi connectivity index (χ1v) is 11.3.